The van der Waals surface area contributed by atoms with Crippen LogP contribution in [0.4, 0.5) is 0 Å². The van der Waals surface area contributed by atoms with Crippen LogP contribution >= 0.6 is 0 Å². The zero-order chi connectivity index (χ0) is 14.9. The molecule has 0 aliphatic carbocycles. The second-order valence-corrected chi connectivity index (χ2v) is 7.01. The summed E-state index contributed by atoms with van der Waals surface area (Å²) in [6.45, 7) is 7.46. The number of rotatable bonds is 3. The van der Waals surface area contributed by atoms with E-state index in [1.165, 1.54) is 12.0 Å². The fraction of sp³-hybridized carbons (Fsp3) is 0.667. The molecule has 0 amide bonds. The third-order valence-electron chi connectivity index (χ3n) is 5.57. The summed E-state index contributed by atoms with van der Waals surface area (Å²) in [5.74, 6) is 0.718. The molecule has 4 unspecified atom stereocenters. The summed E-state index contributed by atoms with van der Waals surface area (Å²) in [7, 11) is 0. The number of piperidine rings is 1. The predicted octanol–water partition coefficient (Wildman–Crippen LogP) is 2.40. The smallest absolute Gasteiger partial charge is 0.0963 e. The van der Waals surface area contributed by atoms with E-state index in [1.807, 2.05) is 0 Å². The van der Waals surface area contributed by atoms with Crippen LogP contribution in [0.25, 0.3) is 0 Å². The van der Waals surface area contributed by atoms with Gasteiger partial charge in [0.05, 0.1) is 5.60 Å². The lowest BCUT2D eigenvalue weighted by Crippen LogP contribution is -2.59. The highest BCUT2D eigenvalue weighted by atomic mass is 16.3. The van der Waals surface area contributed by atoms with Gasteiger partial charge in [-0.15, -0.1) is 0 Å². The Morgan fingerprint density at radius 3 is 2.76 bits per heavy atom. The second-order valence-electron chi connectivity index (χ2n) is 7.01. The molecule has 0 saturated carbocycles. The van der Waals surface area contributed by atoms with Gasteiger partial charge in [0.1, 0.15) is 0 Å². The average Bonchev–Trinajstić information content (AvgIpc) is 2.78. The third kappa shape index (κ3) is 3.01. The zero-order valence-corrected chi connectivity index (χ0v) is 13.3. The van der Waals surface area contributed by atoms with Gasteiger partial charge in [-0.25, -0.2) is 0 Å². The first-order chi connectivity index (χ1) is 10.1. The molecule has 3 nitrogen and oxygen atoms in total. The molecule has 3 rings (SSSR count). The summed E-state index contributed by atoms with van der Waals surface area (Å²) < 4.78 is 0. The van der Waals surface area contributed by atoms with Crippen molar-refractivity contribution in [1.29, 1.82) is 0 Å². The van der Waals surface area contributed by atoms with Gasteiger partial charge in [-0.05, 0) is 44.2 Å². The highest BCUT2D eigenvalue weighted by Crippen LogP contribution is 2.36. The molecule has 2 saturated heterocycles. The molecule has 0 radical (unpaired) electrons. The van der Waals surface area contributed by atoms with Gasteiger partial charge in [-0.3, -0.25) is 4.90 Å². The van der Waals surface area contributed by atoms with Crippen LogP contribution in [0, 0.1) is 5.92 Å². The van der Waals surface area contributed by atoms with Crippen LogP contribution in [0.2, 0.25) is 0 Å². The van der Waals surface area contributed by atoms with Crippen molar-refractivity contribution in [3.63, 3.8) is 0 Å². The van der Waals surface area contributed by atoms with Gasteiger partial charge in [-0.1, -0.05) is 37.3 Å². The molecule has 0 spiro atoms. The Bertz CT molecular complexity index is 464. The van der Waals surface area contributed by atoms with Crippen molar-refractivity contribution in [2.45, 2.75) is 57.3 Å². The van der Waals surface area contributed by atoms with Crippen LogP contribution in [0.5, 0.6) is 0 Å². The minimum Gasteiger partial charge on any atom is -0.387 e. The molecule has 2 N–H and O–H groups in total. The van der Waals surface area contributed by atoms with Crippen LogP contribution in [-0.4, -0.2) is 40.8 Å². The van der Waals surface area contributed by atoms with Crippen LogP contribution in [0.3, 0.4) is 0 Å². The van der Waals surface area contributed by atoms with Gasteiger partial charge in [0.15, 0.2) is 0 Å². The van der Waals surface area contributed by atoms with Crippen molar-refractivity contribution in [2.75, 3.05) is 13.1 Å². The Morgan fingerprint density at radius 2 is 2.05 bits per heavy atom. The monoisotopic (exact) mass is 288 g/mol. The van der Waals surface area contributed by atoms with Crippen molar-refractivity contribution in [3.05, 3.63) is 35.9 Å². The maximum absolute atomic E-state index is 11.2. The Hall–Kier alpha value is -0.900. The standard InChI is InChI=1S/C18H28N2O/c1-14-8-10-19-17(12-14)18(21)9-11-20(15(18)2)13-16-6-4-3-5-7-16/h3-7,14-15,17,19,21H,8-13H2,1-2H3. The number of hydrogen-bond acceptors (Lipinski definition) is 3. The molecule has 0 aromatic heterocycles. The van der Waals surface area contributed by atoms with Crippen molar-refractivity contribution in [2.24, 2.45) is 5.92 Å². The van der Waals surface area contributed by atoms with E-state index in [2.05, 4.69) is 54.4 Å². The van der Waals surface area contributed by atoms with Gasteiger partial charge in [0, 0.05) is 25.2 Å². The third-order valence-corrected chi connectivity index (χ3v) is 5.57. The number of nitrogens with zero attached hydrogens (tertiary/aromatic N) is 1. The molecular formula is C18H28N2O. The molecule has 21 heavy (non-hydrogen) atoms. The Labute approximate surface area is 128 Å². The maximum Gasteiger partial charge on any atom is 0.0963 e. The van der Waals surface area contributed by atoms with Crippen molar-refractivity contribution in [3.8, 4) is 0 Å². The van der Waals surface area contributed by atoms with Crippen LogP contribution < -0.4 is 5.32 Å². The van der Waals surface area contributed by atoms with Crippen molar-refractivity contribution in [1.82, 2.24) is 10.2 Å². The van der Waals surface area contributed by atoms with E-state index in [0.717, 1.165) is 38.4 Å². The number of nitrogens with one attached hydrogen (secondary N) is 1. The molecular weight excluding hydrogens is 260 g/mol. The molecule has 0 bridgehead atoms. The minimum atomic E-state index is -0.580. The topological polar surface area (TPSA) is 35.5 Å². The van der Waals surface area contributed by atoms with Crippen LogP contribution in [0.15, 0.2) is 30.3 Å². The lowest BCUT2D eigenvalue weighted by atomic mass is 9.79. The van der Waals surface area contributed by atoms with Crippen LogP contribution in [-0.2, 0) is 6.54 Å². The van der Waals surface area contributed by atoms with E-state index in [0.29, 0.717) is 0 Å². The lowest BCUT2D eigenvalue weighted by molar-refractivity contribution is -0.0366. The normalized spacial score (nSPS) is 37.8. The number of hydrogen-bond donors (Lipinski definition) is 2. The predicted molar refractivity (Wildman–Crippen MR) is 86.1 cm³/mol. The van der Waals surface area contributed by atoms with Crippen molar-refractivity contribution >= 4 is 0 Å². The summed E-state index contributed by atoms with van der Waals surface area (Å²) in [6, 6.07) is 11.0. The average molecular weight is 288 g/mol. The molecule has 2 aliphatic heterocycles. The SMILES string of the molecule is CC1CCNC(C2(O)CCN(Cc3ccccc3)C2C)C1. The van der Waals surface area contributed by atoms with E-state index < -0.39 is 5.60 Å². The van der Waals surface area contributed by atoms with E-state index >= 15 is 0 Å². The summed E-state index contributed by atoms with van der Waals surface area (Å²) in [6.07, 6.45) is 3.21. The minimum absolute atomic E-state index is 0.209. The van der Waals surface area contributed by atoms with Gasteiger partial charge in [0.2, 0.25) is 0 Å². The largest absolute Gasteiger partial charge is 0.387 e. The number of benzene rings is 1. The molecule has 116 valence electrons. The molecule has 1 aromatic carbocycles. The quantitative estimate of drug-likeness (QED) is 0.896. The maximum atomic E-state index is 11.2. The zero-order valence-electron chi connectivity index (χ0n) is 13.3. The highest BCUT2D eigenvalue weighted by Gasteiger charge is 2.49. The number of aliphatic hydroxyl groups is 1. The van der Waals surface area contributed by atoms with E-state index in [9.17, 15) is 5.11 Å². The molecule has 1 aromatic rings. The number of likely N-dealkylation sites (tertiary alicyclic amines) is 1. The molecule has 3 heteroatoms. The lowest BCUT2D eigenvalue weighted by Gasteiger charge is -2.42. The summed E-state index contributed by atoms with van der Waals surface area (Å²) >= 11 is 0. The summed E-state index contributed by atoms with van der Waals surface area (Å²) in [4.78, 5) is 2.43. The molecule has 2 fully saturated rings. The van der Waals surface area contributed by atoms with Gasteiger partial charge < -0.3 is 10.4 Å². The first-order valence-electron chi connectivity index (χ1n) is 8.33. The Morgan fingerprint density at radius 1 is 1.29 bits per heavy atom. The van der Waals surface area contributed by atoms with E-state index in [4.69, 9.17) is 0 Å². The molecule has 4 atom stereocenters. The van der Waals surface area contributed by atoms with E-state index in [-0.39, 0.29) is 12.1 Å². The van der Waals surface area contributed by atoms with Crippen molar-refractivity contribution < 1.29 is 5.11 Å². The fourth-order valence-corrected chi connectivity index (χ4v) is 4.03. The van der Waals surface area contributed by atoms with Gasteiger partial charge in [0.25, 0.3) is 0 Å². The first kappa shape index (κ1) is 15.0. The van der Waals surface area contributed by atoms with Crippen LogP contribution in [0.1, 0.15) is 38.7 Å². The second kappa shape index (κ2) is 6.07. The van der Waals surface area contributed by atoms with Gasteiger partial charge >= 0.3 is 0 Å². The molecule has 2 heterocycles. The highest BCUT2D eigenvalue weighted by molar-refractivity contribution is 5.16. The first-order valence-corrected chi connectivity index (χ1v) is 8.33. The Balaban J connectivity index is 1.68. The summed E-state index contributed by atoms with van der Waals surface area (Å²) in [5.41, 5.74) is 0.752. The van der Waals surface area contributed by atoms with Gasteiger partial charge in [-0.2, -0.15) is 0 Å². The molecule has 2 aliphatic rings. The fourth-order valence-electron chi connectivity index (χ4n) is 4.03. The van der Waals surface area contributed by atoms with E-state index in [1.54, 1.807) is 0 Å². The summed E-state index contributed by atoms with van der Waals surface area (Å²) in [5, 5.41) is 14.8. The Kier molecular flexibility index (Phi) is 4.34.